The molecule has 0 aliphatic heterocycles. The first-order valence-corrected chi connectivity index (χ1v) is 6.52. The third-order valence-electron chi connectivity index (χ3n) is 2.05. The molecule has 0 saturated heterocycles. The van der Waals surface area contributed by atoms with Crippen molar-refractivity contribution < 1.29 is 18.3 Å². The summed E-state index contributed by atoms with van der Waals surface area (Å²) in [5, 5.41) is 16.2. The van der Waals surface area contributed by atoms with Gasteiger partial charge in [-0.1, -0.05) is 5.21 Å². The van der Waals surface area contributed by atoms with Crippen molar-refractivity contribution in [3.05, 3.63) is 11.9 Å². The quantitative estimate of drug-likeness (QED) is 0.779. The Bertz CT molecular complexity index is 503. The molecule has 1 rings (SSSR count). The SMILES string of the molecule is CC(C)(C(=O)O)n1cc(CS(C)(=O)=O)nn1. The fourth-order valence-electron chi connectivity index (χ4n) is 1.00. The van der Waals surface area contributed by atoms with Gasteiger partial charge in [0, 0.05) is 6.26 Å². The van der Waals surface area contributed by atoms with E-state index in [4.69, 9.17) is 5.11 Å². The van der Waals surface area contributed by atoms with Gasteiger partial charge in [0.2, 0.25) is 0 Å². The Hall–Kier alpha value is -1.44. The number of carbonyl (C=O) groups is 1. The van der Waals surface area contributed by atoms with Crippen LogP contribution in [0.4, 0.5) is 0 Å². The highest BCUT2D eigenvalue weighted by Crippen LogP contribution is 2.14. The average Bonchev–Trinajstić information content (AvgIpc) is 2.49. The Morgan fingerprint density at radius 3 is 2.56 bits per heavy atom. The minimum absolute atomic E-state index is 0.233. The second kappa shape index (κ2) is 3.85. The molecule has 7 nitrogen and oxygen atoms in total. The lowest BCUT2D eigenvalue weighted by molar-refractivity contribution is -0.146. The largest absolute Gasteiger partial charge is 0.479 e. The molecule has 1 aromatic heterocycles. The monoisotopic (exact) mass is 247 g/mol. The zero-order valence-electron chi connectivity index (χ0n) is 9.21. The second-order valence-corrected chi connectivity index (χ2v) is 6.23. The molecule has 0 bridgehead atoms. The molecule has 0 saturated carbocycles. The van der Waals surface area contributed by atoms with Gasteiger partial charge in [0.25, 0.3) is 0 Å². The van der Waals surface area contributed by atoms with Gasteiger partial charge in [-0.3, -0.25) is 0 Å². The van der Waals surface area contributed by atoms with Crippen LogP contribution in [0, 0.1) is 0 Å². The topological polar surface area (TPSA) is 102 Å². The molecule has 0 spiro atoms. The number of hydrogen-bond donors (Lipinski definition) is 1. The highest BCUT2D eigenvalue weighted by molar-refractivity contribution is 7.89. The van der Waals surface area contributed by atoms with Gasteiger partial charge in [-0.05, 0) is 13.8 Å². The average molecular weight is 247 g/mol. The summed E-state index contributed by atoms with van der Waals surface area (Å²) < 4.78 is 23.1. The zero-order valence-corrected chi connectivity index (χ0v) is 10.0. The van der Waals surface area contributed by atoms with Crippen molar-refractivity contribution in [2.45, 2.75) is 25.1 Å². The summed E-state index contributed by atoms with van der Waals surface area (Å²) in [6.07, 6.45) is 2.41. The van der Waals surface area contributed by atoms with E-state index in [-0.39, 0.29) is 11.4 Å². The lowest BCUT2D eigenvalue weighted by atomic mass is 10.1. The van der Waals surface area contributed by atoms with Crippen molar-refractivity contribution in [3.63, 3.8) is 0 Å². The smallest absolute Gasteiger partial charge is 0.331 e. The van der Waals surface area contributed by atoms with Crippen molar-refractivity contribution in [1.29, 1.82) is 0 Å². The van der Waals surface area contributed by atoms with Gasteiger partial charge < -0.3 is 5.11 Å². The number of rotatable bonds is 4. The summed E-state index contributed by atoms with van der Waals surface area (Å²) in [6, 6.07) is 0. The predicted molar refractivity (Wildman–Crippen MR) is 55.5 cm³/mol. The normalized spacial score (nSPS) is 12.7. The number of aromatic nitrogens is 3. The van der Waals surface area contributed by atoms with Gasteiger partial charge >= 0.3 is 5.97 Å². The Morgan fingerprint density at radius 2 is 2.12 bits per heavy atom. The van der Waals surface area contributed by atoms with Crippen LogP contribution in [0.25, 0.3) is 0 Å². The van der Waals surface area contributed by atoms with Crippen molar-refractivity contribution in [3.8, 4) is 0 Å². The van der Waals surface area contributed by atoms with Crippen LogP contribution in [0.5, 0.6) is 0 Å². The molecule has 0 unspecified atom stereocenters. The minimum Gasteiger partial charge on any atom is -0.479 e. The van der Waals surface area contributed by atoms with E-state index in [9.17, 15) is 13.2 Å². The highest BCUT2D eigenvalue weighted by Gasteiger charge is 2.31. The van der Waals surface area contributed by atoms with Crippen LogP contribution in [0.3, 0.4) is 0 Å². The van der Waals surface area contributed by atoms with Gasteiger partial charge in [0.15, 0.2) is 15.4 Å². The lowest BCUT2D eigenvalue weighted by Gasteiger charge is -2.18. The van der Waals surface area contributed by atoms with E-state index < -0.39 is 21.3 Å². The third-order valence-corrected chi connectivity index (χ3v) is 2.87. The fourth-order valence-corrected chi connectivity index (χ4v) is 1.67. The molecule has 8 heteroatoms. The Balaban J connectivity index is 3.00. The first-order valence-electron chi connectivity index (χ1n) is 4.46. The van der Waals surface area contributed by atoms with E-state index >= 15 is 0 Å². The number of aliphatic carboxylic acids is 1. The van der Waals surface area contributed by atoms with E-state index in [1.54, 1.807) is 0 Å². The Morgan fingerprint density at radius 1 is 1.56 bits per heavy atom. The zero-order chi connectivity index (χ0) is 12.6. The maximum absolute atomic E-state index is 11.0. The van der Waals surface area contributed by atoms with Crippen LogP contribution in [0.1, 0.15) is 19.5 Å². The maximum Gasteiger partial charge on any atom is 0.331 e. The molecule has 16 heavy (non-hydrogen) atoms. The first-order chi connectivity index (χ1) is 7.13. The molecule has 0 fully saturated rings. The van der Waals surface area contributed by atoms with Crippen molar-refractivity contribution in [2.75, 3.05) is 6.26 Å². The number of sulfone groups is 1. The summed E-state index contributed by atoms with van der Waals surface area (Å²) in [5.41, 5.74) is -1.01. The van der Waals surface area contributed by atoms with E-state index in [1.165, 1.54) is 20.0 Å². The molecule has 1 N–H and O–H groups in total. The highest BCUT2D eigenvalue weighted by atomic mass is 32.2. The van der Waals surface area contributed by atoms with Crippen LogP contribution in [-0.2, 0) is 25.9 Å². The first kappa shape index (κ1) is 12.6. The summed E-state index contributed by atoms with van der Waals surface area (Å²) in [4.78, 5) is 10.9. The summed E-state index contributed by atoms with van der Waals surface area (Å²) in [7, 11) is -3.19. The lowest BCUT2D eigenvalue weighted by Crippen LogP contribution is -2.36. The molecule has 0 aliphatic rings. The third kappa shape index (κ3) is 2.78. The van der Waals surface area contributed by atoms with E-state index in [0.717, 1.165) is 10.9 Å². The van der Waals surface area contributed by atoms with Crippen molar-refractivity contribution >= 4 is 15.8 Å². The Kier molecular flexibility index (Phi) is 3.04. The molecule has 0 amide bonds. The standard InChI is InChI=1S/C8H13N3O4S/c1-8(2,7(12)13)11-4-6(9-10-11)5-16(3,14)15/h4H,5H2,1-3H3,(H,12,13). The van der Waals surface area contributed by atoms with E-state index in [1.807, 2.05) is 0 Å². The molecule has 0 aliphatic carbocycles. The van der Waals surface area contributed by atoms with Crippen LogP contribution in [0.2, 0.25) is 0 Å². The van der Waals surface area contributed by atoms with Crippen molar-refractivity contribution in [2.24, 2.45) is 0 Å². The molecule has 1 heterocycles. The van der Waals surface area contributed by atoms with Crippen LogP contribution in [-0.4, -0.2) is 40.7 Å². The second-order valence-electron chi connectivity index (χ2n) is 4.09. The molecule has 90 valence electrons. The van der Waals surface area contributed by atoms with Gasteiger partial charge in [-0.2, -0.15) is 0 Å². The summed E-state index contributed by atoms with van der Waals surface area (Å²) >= 11 is 0. The van der Waals surface area contributed by atoms with Gasteiger partial charge in [-0.15, -0.1) is 5.10 Å². The Labute approximate surface area is 93.0 Å². The maximum atomic E-state index is 11.0. The molecule has 0 atom stereocenters. The van der Waals surface area contributed by atoms with Gasteiger partial charge in [0.05, 0.1) is 17.6 Å². The summed E-state index contributed by atoms with van der Waals surface area (Å²) in [6.45, 7) is 2.91. The molecule has 0 aromatic carbocycles. The van der Waals surface area contributed by atoms with Crippen molar-refractivity contribution in [1.82, 2.24) is 15.0 Å². The predicted octanol–water partition coefficient (Wildman–Crippen LogP) is -0.358. The molecule has 0 radical (unpaired) electrons. The number of carboxylic acids is 1. The van der Waals surface area contributed by atoms with Crippen LogP contribution < -0.4 is 0 Å². The van der Waals surface area contributed by atoms with Crippen LogP contribution >= 0.6 is 0 Å². The number of hydrogen-bond acceptors (Lipinski definition) is 5. The molecular formula is C8H13N3O4S. The fraction of sp³-hybridized carbons (Fsp3) is 0.625. The number of nitrogens with zero attached hydrogens (tertiary/aromatic N) is 3. The van der Waals surface area contributed by atoms with E-state index in [0.29, 0.717) is 0 Å². The number of carboxylic acid groups (broad SMARTS) is 1. The molecular weight excluding hydrogens is 234 g/mol. The molecule has 1 aromatic rings. The summed E-state index contributed by atoms with van der Waals surface area (Å²) in [5.74, 6) is -1.31. The van der Waals surface area contributed by atoms with Gasteiger partial charge in [0.1, 0.15) is 0 Å². The van der Waals surface area contributed by atoms with E-state index in [2.05, 4.69) is 10.3 Å². The van der Waals surface area contributed by atoms with Gasteiger partial charge in [-0.25, -0.2) is 17.9 Å². The minimum atomic E-state index is -3.19. The van der Waals surface area contributed by atoms with Crippen LogP contribution in [0.15, 0.2) is 6.20 Å².